The second kappa shape index (κ2) is 3.94. The Morgan fingerprint density at radius 3 is 2.76 bits per heavy atom. The van der Waals surface area contributed by atoms with Crippen molar-refractivity contribution in [1.29, 1.82) is 0 Å². The predicted molar refractivity (Wildman–Crippen MR) is 64.8 cm³/mol. The first-order valence-electron chi connectivity index (χ1n) is 5.67. The minimum atomic E-state index is 0.503. The van der Waals surface area contributed by atoms with Crippen LogP contribution in [-0.4, -0.2) is 19.9 Å². The third-order valence-electron chi connectivity index (χ3n) is 2.99. The molecule has 0 N–H and O–H groups in total. The molecule has 0 saturated heterocycles. The number of hydrogen-bond donors (Lipinski definition) is 0. The van der Waals surface area contributed by atoms with Crippen molar-refractivity contribution in [2.45, 2.75) is 39.2 Å². The van der Waals surface area contributed by atoms with Crippen LogP contribution in [0.25, 0.3) is 0 Å². The van der Waals surface area contributed by atoms with E-state index in [-0.39, 0.29) is 0 Å². The standard InChI is InChI=1S/C11H13BrN4O/c1-6-10(12)7(2)16(14-6)5-9-13-11(17-15-9)8-3-4-8/h8H,3-5H2,1-2H3. The molecule has 5 nitrogen and oxygen atoms in total. The van der Waals surface area contributed by atoms with Crippen LogP contribution in [0.2, 0.25) is 0 Å². The Balaban J connectivity index is 1.82. The molecule has 0 aromatic carbocycles. The third-order valence-corrected chi connectivity index (χ3v) is 4.14. The maximum atomic E-state index is 5.22. The van der Waals surface area contributed by atoms with Crippen LogP contribution in [0.5, 0.6) is 0 Å². The Morgan fingerprint density at radius 2 is 2.18 bits per heavy atom. The molecule has 0 unspecified atom stereocenters. The first-order valence-corrected chi connectivity index (χ1v) is 6.46. The smallest absolute Gasteiger partial charge is 0.229 e. The summed E-state index contributed by atoms with van der Waals surface area (Å²) in [6.45, 7) is 4.56. The van der Waals surface area contributed by atoms with Gasteiger partial charge in [0.25, 0.3) is 0 Å². The second-order valence-corrected chi connectivity index (χ2v) is 5.26. The minimum absolute atomic E-state index is 0.503. The van der Waals surface area contributed by atoms with Crippen molar-refractivity contribution >= 4 is 15.9 Å². The number of hydrogen-bond acceptors (Lipinski definition) is 4. The van der Waals surface area contributed by atoms with Gasteiger partial charge in [0.1, 0.15) is 6.54 Å². The van der Waals surface area contributed by atoms with Gasteiger partial charge in [-0.25, -0.2) is 0 Å². The van der Waals surface area contributed by atoms with E-state index in [2.05, 4.69) is 31.2 Å². The highest BCUT2D eigenvalue weighted by molar-refractivity contribution is 9.10. The molecule has 2 aromatic rings. The average molecular weight is 297 g/mol. The number of nitrogens with zero attached hydrogens (tertiary/aromatic N) is 4. The fourth-order valence-corrected chi connectivity index (χ4v) is 2.07. The van der Waals surface area contributed by atoms with Crippen LogP contribution in [0.4, 0.5) is 0 Å². The van der Waals surface area contributed by atoms with Crippen LogP contribution in [-0.2, 0) is 6.54 Å². The first kappa shape index (κ1) is 11.0. The van der Waals surface area contributed by atoms with Gasteiger partial charge in [0, 0.05) is 5.92 Å². The number of halogens is 1. The number of aryl methyl sites for hydroxylation is 1. The lowest BCUT2D eigenvalue weighted by molar-refractivity contribution is 0.372. The Labute approximate surface area is 107 Å². The third kappa shape index (κ3) is 2.01. The van der Waals surface area contributed by atoms with Gasteiger partial charge >= 0.3 is 0 Å². The van der Waals surface area contributed by atoms with E-state index in [1.54, 1.807) is 0 Å². The van der Waals surface area contributed by atoms with Crippen LogP contribution < -0.4 is 0 Å². The maximum absolute atomic E-state index is 5.22. The zero-order valence-electron chi connectivity index (χ0n) is 9.77. The molecule has 0 amide bonds. The monoisotopic (exact) mass is 296 g/mol. The maximum Gasteiger partial charge on any atom is 0.229 e. The van der Waals surface area contributed by atoms with Crippen LogP contribution in [0, 0.1) is 13.8 Å². The summed E-state index contributed by atoms with van der Waals surface area (Å²) in [6.07, 6.45) is 2.35. The molecule has 1 saturated carbocycles. The van der Waals surface area contributed by atoms with E-state index in [0.717, 1.165) is 21.8 Å². The van der Waals surface area contributed by atoms with Crippen molar-refractivity contribution in [3.8, 4) is 0 Å². The largest absolute Gasteiger partial charge is 0.339 e. The molecule has 0 aliphatic heterocycles. The van der Waals surface area contributed by atoms with Gasteiger partial charge < -0.3 is 4.52 Å². The van der Waals surface area contributed by atoms with Crippen LogP contribution in [0.15, 0.2) is 9.00 Å². The molecule has 0 atom stereocenters. The molecule has 0 radical (unpaired) electrons. The summed E-state index contributed by atoms with van der Waals surface area (Å²) in [6, 6.07) is 0. The van der Waals surface area contributed by atoms with Crippen LogP contribution in [0.3, 0.4) is 0 Å². The molecule has 6 heteroatoms. The molecule has 0 spiro atoms. The van der Waals surface area contributed by atoms with Crippen molar-refractivity contribution < 1.29 is 4.52 Å². The van der Waals surface area contributed by atoms with Crippen molar-refractivity contribution in [3.05, 3.63) is 27.6 Å². The Hall–Kier alpha value is -1.17. The summed E-state index contributed by atoms with van der Waals surface area (Å²) in [5.74, 6) is 1.98. The summed E-state index contributed by atoms with van der Waals surface area (Å²) >= 11 is 3.50. The highest BCUT2D eigenvalue weighted by Crippen LogP contribution is 2.38. The summed E-state index contributed by atoms with van der Waals surface area (Å²) < 4.78 is 8.16. The van der Waals surface area contributed by atoms with E-state index >= 15 is 0 Å². The molecule has 90 valence electrons. The Bertz CT molecular complexity index is 556. The van der Waals surface area contributed by atoms with Gasteiger partial charge in [-0.1, -0.05) is 5.16 Å². The number of rotatable bonds is 3. The van der Waals surface area contributed by atoms with E-state index in [0.29, 0.717) is 18.3 Å². The SMILES string of the molecule is Cc1nn(Cc2noc(C3CC3)n2)c(C)c1Br. The van der Waals surface area contributed by atoms with Crippen molar-refractivity contribution in [3.63, 3.8) is 0 Å². The summed E-state index contributed by atoms with van der Waals surface area (Å²) in [7, 11) is 0. The predicted octanol–water partition coefficient (Wildman–Crippen LogP) is 2.57. The molecule has 1 aliphatic rings. The lowest BCUT2D eigenvalue weighted by Gasteiger charge is -1.99. The van der Waals surface area contributed by atoms with Gasteiger partial charge in [-0.3, -0.25) is 4.68 Å². The molecule has 1 fully saturated rings. The molecule has 2 heterocycles. The Kier molecular flexibility index (Phi) is 2.54. The van der Waals surface area contributed by atoms with Crippen LogP contribution in [0.1, 0.15) is 41.9 Å². The normalized spacial score (nSPS) is 15.5. The van der Waals surface area contributed by atoms with Crippen LogP contribution >= 0.6 is 15.9 Å². The molecule has 0 bridgehead atoms. The fourth-order valence-electron chi connectivity index (χ4n) is 1.79. The first-order chi connectivity index (χ1) is 8.15. The molecular weight excluding hydrogens is 284 g/mol. The average Bonchev–Trinajstić information content (AvgIpc) is 3.02. The van der Waals surface area contributed by atoms with Gasteiger partial charge in [-0.05, 0) is 42.6 Å². The van der Waals surface area contributed by atoms with E-state index in [1.165, 1.54) is 12.8 Å². The van der Waals surface area contributed by atoms with E-state index in [4.69, 9.17) is 4.52 Å². The van der Waals surface area contributed by atoms with Gasteiger partial charge in [-0.2, -0.15) is 10.1 Å². The Morgan fingerprint density at radius 1 is 1.41 bits per heavy atom. The quantitative estimate of drug-likeness (QED) is 0.873. The minimum Gasteiger partial charge on any atom is -0.339 e. The van der Waals surface area contributed by atoms with Crippen molar-refractivity contribution in [2.75, 3.05) is 0 Å². The van der Waals surface area contributed by atoms with Gasteiger partial charge in [-0.15, -0.1) is 0 Å². The van der Waals surface area contributed by atoms with Gasteiger partial charge in [0.05, 0.1) is 15.9 Å². The molecular formula is C11H13BrN4O. The zero-order valence-corrected chi connectivity index (χ0v) is 11.4. The van der Waals surface area contributed by atoms with Crippen molar-refractivity contribution in [2.24, 2.45) is 0 Å². The van der Waals surface area contributed by atoms with E-state index < -0.39 is 0 Å². The van der Waals surface area contributed by atoms with Crippen molar-refractivity contribution in [1.82, 2.24) is 19.9 Å². The highest BCUT2D eigenvalue weighted by atomic mass is 79.9. The zero-order chi connectivity index (χ0) is 12.0. The second-order valence-electron chi connectivity index (χ2n) is 4.47. The van der Waals surface area contributed by atoms with Gasteiger partial charge in [0.15, 0.2) is 5.82 Å². The number of aromatic nitrogens is 4. The topological polar surface area (TPSA) is 56.7 Å². The molecule has 2 aromatic heterocycles. The lowest BCUT2D eigenvalue weighted by Crippen LogP contribution is -2.05. The lowest BCUT2D eigenvalue weighted by atomic mass is 10.4. The van der Waals surface area contributed by atoms with E-state index in [9.17, 15) is 0 Å². The summed E-state index contributed by atoms with van der Waals surface area (Å²) in [4.78, 5) is 4.39. The molecule has 1 aliphatic carbocycles. The van der Waals surface area contributed by atoms with Gasteiger partial charge in [0.2, 0.25) is 5.89 Å². The molecule has 3 rings (SSSR count). The highest BCUT2D eigenvalue weighted by Gasteiger charge is 2.29. The van der Waals surface area contributed by atoms with E-state index in [1.807, 2.05) is 18.5 Å². The molecule has 17 heavy (non-hydrogen) atoms. The summed E-state index contributed by atoms with van der Waals surface area (Å²) in [5.41, 5.74) is 2.06. The summed E-state index contributed by atoms with van der Waals surface area (Å²) in [5, 5.41) is 8.41. The fraction of sp³-hybridized carbons (Fsp3) is 0.545.